The van der Waals surface area contributed by atoms with Crippen LogP contribution in [0.25, 0.3) is 0 Å². The monoisotopic (exact) mass is 310 g/mol. The maximum absolute atomic E-state index is 11.5. The second kappa shape index (κ2) is 10.6. The van der Waals surface area contributed by atoms with Crippen LogP contribution in [0.4, 0.5) is 0 Å². The van der Waals surface area contributed by atoms with Crippen LogP contribution < -0.4 is 11.1 Å². The molecule has 1 amide bonds. The molecule has 0 saturated heterocycles. The first-order chi connectivity index (χ1) is 8.22. The minimum atomic E-state index is 0. The zero-order valence-electron chi connectivity index (χ0n) is 10.3. The van der Waals surface area contributed by atoms with Crippen molar-refractivity contribution in [3.05, 3.63) is 21.3 Å². The summed E-state index contributed by atoms with van der Waals surface area (Å²) in [4.78, 5) is 12.6. The second-order valence-corrected chi connectivity index (χ2v) is 5.74. The van der Waals surface area contributed by atoms with Gasteiger partial charge >= 0.3 is 0 Å². The maximum atomic E-state index is 11.5. The van der Waals surface area contributed by atoms with Crippen molar-refractivity contribution in [2.24, 2.45) is 5.73 Å². The molecule has 3 N–H and O–H groups in total. The zero-order chi connectivity index (χ0) is 12.5. The van der Waals surface area contributed by atoms with Crippen LogP contribution in [-0.4, -0.2) is 12.5 Å². The summed E-state index contributed by atoms with van der Waals surface area (Å²) >= 11 is 7.30. The third kappa shape index (κ3) is 7.93. The van der Waals surface area contributed by atoms with E-state index in [0.717, 1.165) is 41.4 Å². The molecule has 3 nitrogen and oxygen atoms in total. The normalized spacial score (nSPS) is 9.89. The van der Waals surface area contributed by atoms with Crippen LogP contribution in [0.15, 0.2) is 12.1 Å². The zero-order valence-corrected chi connectivity index (χ0v) is 12.7. The van der Waals surface area contributed by atoms with Crippen molar-refractivity contribution in [3.63, 3.8) is 0 Å². The molecule has 0 aliphatic carbocycles. The summed E-state index contributed by atoms with van der Waals surface area (Å²) in [5.74, 6) is 0.113. The van der Waals surface area contributed by atoms with Gasteiger partial charge in [0, 0.05) is 11.3 Å². The molecular weight excluding hydrogens is 291 g/mol. The van der Waals surface area contributed by atoms with E-state index >= 15 is 0 Å². The first-order valence-corrected chi connectivity index (χ1v) is 7.13. The molecule has 0 aliphatic rings. The lowest BCUT2D eigenvalue weighted by atomic mass is 10.1. The van der Waals surface area contributed by atoms with E-state index in [1.165, 1.54) is 11.3 Å². The summed E-state index contributed by atoms with van der Waals surface area (Å²) in [7, 11) is 0. The molecule has 0 aromatic carbocycles. The Balaban J connectivity index is 0.00000289. The second-order valence-electron chi connectivity index (χ2n) is 3.94. The molecule has 0 bridgehead atoms. The Morgan fingerprint density at radius 1 is 1.28 bits per heavy atom. The molecule has 1 aromatic heterocycles. The Hall–Kier alpha value is -0.290. The highest BCUT2D eigenvalue weighted by Gasteiger charge is 2.02. The number of unbranched alkanes of at least 4 members (excludes halogenated alkanes) is 3. The van der Waals surface area contributed by atoms with Crippen LogP contribution in [-0.2, 0) is 11.3 Å². The molecule has 0 unspecified atom stereocenters. The number of rotatable bonds is 8. The van der Waals surface area contributed by atoms with Crippen molar-refractivity contribution in [2.45, 2.75) is 38.6 Å². The number of hydrogen-bond acceptors (Lipinski definition) is 3. The van der Waals surface area contributed by atoms with Gasteiger partial charge in [-0.05, 0) is 31.5 Å². The summed E-state index contributed by atoms with van der Waals surface area (Å²) < 4.78 is 0.760. The van der Waals surface area contributed by atoms with E-state index in [1.807, 2.05) is 12.1 Å². The Morgan fingerprint density at radius 2 is 2.00 bits per heavy atom. The average Bonchev–Trinajstić information content (AvgIpc) is 2.72. The lowest BCUT2D eigenvalue weighted by Crippen LogP contribution is -2.21. The SMILES string of the molecule is Cl.NCCCCCCC(=O)NCc1ccc(Cl)s1. The van der Waals surface area contributed by atoms with E-state index in [1.54, 1.807) is 0 Å². The van der Waals surface area contributed by atoms with Crippen LogP contribution in [0.3, 0.4) is 0 Å². The van der Waals surface area contributed by atoms with Gasteiger partial charge in [0.15, 0.2) is 0 Å². The number of amides is 1. The Morgan fingerprint density at radius 3 is 2.61 bits per heavy atom. The maximum Gasteiger partial charge on any atom is 0.220 e. The molecule has 1 aromatic rings. The van der Waals surface area contributed by atoms with E-state index in [4.69, 9.17) is 17.3 Å². The fraction of sp³-hybridized carbons (Fsp3) is 0.583. The molecule has 1 heterocycles. The number of hydrogen-bond donors (Lipinski definition) is 2. The number of nitrogens with one attached hydrogen (secondary N) is 1. The number of halogens is 2. The summed E-state index contributed by atoms with van der Waals surface area (Å²) in [6.45, 7) is 1.32. The highest BCUT2D eigenvalue weighted by molar-refractivity contribution is 7.16. The molecule has 0 radical (unpaired) electrons. The third-order valence-corrected chi connectivity index (χ3v) is 3.68. The van der Waals surface area contributed by atoms with E-state index in [-0.39, 0.29) is 18.3 Å². The van der Waals surface area contributed by atoms with E-state index in [9.17, 15) is 4.79 Å². The van der Waals surface area contributed by atoms with Gasteiger partial charge < -0.3 is 11.1 Å². The summed E-state index contributed by atoms with van der Waals surface area (Å²) in [5.41, 5.74) is 5.40. The van der Waals surface area contributed by atoms with Gasteiger partial charge in [-0.2, -0.15) is 0 Å². The quantitative estimate of drug-likeness (QED) is 0.723. The standard InChI is InChI=1S/C12H19ClN2OS.ClH/c13-11-7-6-10(17-11)9-15-12(16)5-3-1-2-4-8-14;/h6-7H,1-5,8-9,14H2,(H,15,16);1H. The van der Waals surface area contributed by atoms with Gasteiger partial charge in [-0.15, -0.1) is 23.7 Å². The van der Waals surface area contributed by atoms with E-state index in [2.05, 4.69) is 5.32 Å². The first kappa shape index (κ1) is 17.7. The number of nitrogens with two attached hydrogens (primary N) is 1. The number of carbonyl (C=O) groups excluding carboxylic acids is 1. The van der Waals surface area contributed by atoms with Crippen LogP contribution in [0.5, 0.6) is 0 Å². The molecule has 0 aliphatic heterocycles. The third-order valence-electron chi connectivity index (χ3n) is 2.45. The van der Waals surface area contributed by atoms with E-state index in [0.29, 0.717) is 13.0 Å². The molecule has 1 rings (SSSR count). The van der Waals surface area contributed by atoms with Crippen molar-refractivity contribution in [1.29, 1.82) is 0 Å². The van der Waals surface area contributed by atoms with Gasteiger partial charge in [-0.1, -0.05) is 24.4 Å². The molecule has 104 valence electrons. The molecule has 0 atom stereocenters. The minimum absolute atomic E-state index is 0. The lowest BCUT2D eigenvalue weighted by Gasteiger charge is -2.03. The highest BCUT2D eigenvalue weighted by Crippen LogP contribution is 2.20. The van der Waals surface area contributed by atoms with Crippen molar-refractivity contribution in [3.8, 4) is 0 Å². The Kier molecular flexibility index (Phi) is 10.4. The highest BCUT2D eigenvalue weighted by atomic mass is 35.5. The van der Waals surface area contributed by atoms with Crippen LogP contribution >= 0.6 is 35.3 Å². The van der Waals surface area contributed by atoms with Crippen molar-refractivity contribution >= 4 is 41.3 Å². The van der Waals surface area contributed by atoms with Crippen LogP contribution in [0, 0.1) is 0 Å². The first-order valence-electron chi connectivity index (χ1n) is 5.93. The fourth-order valence-electron chi connectivity index (χ4n) is 1.50. The summed E-state index contributed by atoms with van der Waals surface area (Å²) in [5, 5.41) is 2.89. The predicted octanol–water partition coefficient (Wildman–Crippen LogP) is 3.35. The molecule has 0 saturated carbocycles. The smallest absolute Gasteiger partial charge is 0.220 e. The molecule has 0 spiro atoms. The van der Waals surface area contributed by atoms with Gasteiger partial charge in [-0.3, -0.25) is 4.79 Å². The van der Waals surface area contributed by atoms with Crippen LogP contribution in [0.2, 0.25) is 4.34 Å². The van der Waals surface area contributed by atoms with E-state index < -0.39 is 0 Å². The fourth-order valence-corrected chi connectivity index (χ4v) is 2.53. The van der Waals surface area contributed by atoms with Gasteiger partial charge in [0.05, 0.1) is 10.9 Å². The van der Waals surface area contributed by atoms with Gasteiger partial charge in [0.1, 0.15) is 0 Å². The lowest BCUT2D eigenvalue weighted by molar-refractivity contribution is -0.121. The van der Waals surface area contributed by atoms with Gasteiger partial charge in [0.25, 0.3) is 0 Å². The number of carbonyl (C=O) groups is 1. The molecule has 18 heavy (non-hydrogen) atoms. The van der Waals surface area contributed by atoms with Gasteiger partial charge in [0.2, 0.25) is 5.91 Å². The van der Waals surface area contributed by atoms with Crippen molar-refractivity contribution in [2.75, 3.05) is 6.54 Å². The topological polar surface area (TPSA) is 55.1 Å². The van der Waals surface area contributed by atoms with Gasteiger partial charge in [-0.25, -0.2) is 0 Å². The molecule has 0 fully saturated rings. The Bertz CT molecular complexity index is 345. The average molecular weight is 311 g/mol. The minimum Gasteiger partial charge on any atom is -0.351 e. The number of thiophene rings is 1. The van der Waals surface area contributed by atoms with Crippen molar-refractivity contribution < 1.29 is 4.79 Å². The summed E-state index contributed by atoms with van der Waals surface area (Å²) in [6, 6.07) is 3.79. The van der Waals surface area contributed by atoms with Crippen molar-refractivity contribution in [1.82, 2.24) is 5.32 Å². The largest absolute Gasteiger partial charge is 0.351 e. The predicted molar refractivity (Wildman–Crippen MR) is 80.6 cm³/mol. The summed E-state index contributed by atoms with van der Waals surface area (Å²) in [6.07, 6.45) is 4.79. The molecule has 6 heteroatoms. The molecular formula is C12H20Cl2N2OS. The Labute approximate surface area is 123 Å². The van der Waals surface area contributed by atoms with Crippen LogP contribution in [0.1, 0.15) is 37.0 Å².